The average molecular weight is 229 g/mol. The van der Waals surface area contributed by atoms with Crippen molar-refractivity contribution < 1.29 is 9.90 Å². The Morgan fingerprint density at radius 3 is 2.12 bits per heavy atom. The van der Waals surface area contributed by atoms with Gasteiger partial charge in [-0.05, 0) is 24.7 Å². The normalized spacial score (nSPS) is 17.3. The molecule has 3 nitrogen and oxygen atoms in total. The third kappa shape index (κ3) is 5.50. The minimum Gasteiger partial charge on any atom is -0.388 e. The van der Waals surface area contributed by atoms with E-state index < -0.39 is 5.60 Å². The number of rotatable bonds is 6. The summed E-state index contributed by atoms with van der Waals surface area (Å²) in [4.78, 5) is 11.6. The quantitative estimate of drug-likeness (QED) is 0.733. The van der Waals surface area contributed by atoms with E-state index in [1.54, 1.807) is 6.92 Å². The van der Waals surface area contributed by atoms with Gasteiger partial charge in [-0.1, -0.05) is 34.6 Å². The second kappa shape index (κ2) is 6.24. The van der Waals surface area contributed by atoms with E-state index in [0.717, 1.165) is 0 Å². The highest BCUT2D eigenvalue weighted by Gasteiger charge is 2.25. The Balaban J connectivity index is 3.99. The molecule has 16 heavy (non-hydrogen) atoms. The Labute approximate surface area is 99.6 Å². The molecule has 0 rings (SSSR count). The van der Waals surface area contributed by atoms with E-state index in [9.17, 15) is 9.90 Å². The zero-order valence-corrected chi connectivity index (χ0v) is 11.5. The molecule has 0 bridgehead atoms. The van der Waals surface area contributed by atoms with Gasteiger partial charge in [-0.3, -0.25) is 4.79 Å². The number of carbonyl (C=O) groups excluding carboxylic acids is 1. The molecule has 0 aliphatic rings. The molecule has 0 aliphatic carbocycles. The second-order valence-corrected chi connectivity index (χ2v) is 5.71. The highest BCUT2D eigenvalue weighted by atomic mass is 16.3. The molecule has 0 aromatic carbocycles. The molecule has 0 aromatic rings. The van der Waals surface area contributed by atoms with Gasteiger partial charge in [0.2, 0.25) is 5.91 Å². The third-order valence-corrected chi connectivity index (χ3v) is 3.53. The minimum atomic E-state index is -0.823. The fourth-order valence-corrected chi connectivity index (χ4v) is 1.08. The van der Waals surface area contributed by atoms with Crippen molar-refractivity contribution in [1.29, 1.82) is 0 Å². The topological polar surface area (TPSA) is 49.3 Å². The lowest BCUT2D eigenvalue weighted by Crippen LogP contribution is -2.44. The van der Waals surface area contributed by atoms with E-state index in [1.807, 2.05) is 13.8 Å². The molecule has 0 radical (unpaired) electrons. The number of amides is 1. The Morgan fingerprint density at radius 1 is 1.25 bits per heavy atom. The molecule has 0 aromatic heterocycles. The summed E-state index contributed by atoms with van der Waals surface area (Å²) < 4.78 is 0. The van der Waals surface area contributed by atoms with Gasteiger partial charge in [-0.15, -0.1) is 0 Å². The zero-order valence-electron chi connectivity index (χ0n) is 11.5. The predicted molar refractivity (Wildman–Crippen MR) is 67.1 cm³/mol. The predicted octanol–water partition coefficient (Wildman–Crippen LogP) is 2.19. The molecule has 2 unspecified atom stereocenters. The molecule has 1 amide bonds. The average Bonchev–Trinajstić information content (AvgIpc) is 2.14. The number of hydrogen-bond donors (Lipinski definition) is 2. The van der Waals surface area contributed by atoms with Crippen LogP contribution in [0.5, 0.6) is 0 Å². The van der Waals surface area contributed by atoms with E-state index >= 15 is 0 Å². The van der Waals surface area contributed by atoms with Gasteiger partial charge in [0.15, 0.2) is 0 Å². The summed E-state index contributed by atoms with van der Waals surface area (Å²) in [7, 11) is 0. The van der Waals surface area contributed by atoms with Crippen LogP contribution in [-0.4, -0.2) is 23.2 Å². The third-order valence-electron chi connectivity index (χ3n) is 3.53. The van der Waals surface area contributed by atoms with Gasteiger partial charge in [0.05, 0.1) is 5.60 Å². The van der Waals surface area contributed by atoms with E-state index in [-0.39, 0.29) is 11.8 Å². The lowest BCUT2D eigenvalue weighted by molar-refractivity contribution is -0.123. The molecule has 0 heterocycles. The lowest BCUT2D eigenvalue weighted by atomic mass is 9.92. The maximum atomic E-state index is 11.6. The van der Waals surface area contributed by atoms with Crippen LogP contribution < -0.4 is 5.32 Å². The maximum absolute atomic E-state index is 11.6. The summed E-state index contributed by atoms with van der Waals surface area (Å²) in [5.74, 6) is 1.05. The van der Waals surface area contributed by atoms with Crippen LogP contribution in [0.3, 0.4) is 0 Å². The number of carbonyl (C=O) groups is 1. The van der Waals surface area contributed by atoms with Crippen LogP contribution in [-0.2, 0) is 4.79 Å². The van der Waals surface area contributed by atoms with Crippen molar-refractivity contribution in [2.45, 2.75) is 53.6 Å². The lowest BCUT2D eigenvalue weighted by Gasteiger charge is -2.28. The fraction of sp³-hybridized carbons (Fsp3) is 0.923. The maximum Gasteiger partial charge on any atom is 0.220 e. The van der Waals surface area contributed by atoms with E-state index in [0.29, 0.717) is 24.8 Å². The summed E-state index contributed by atoms with van der Waals surface area (Å²) in [5.41, 5.74) is -0.823. The summed E-state index contributed by atoms with van der Waals surface area (Å²) in [5, 5.41) is 12.8. The van der Waals surface area contributed by atoms with Crippen LogP contribution in [0.4, 0.5) is 0 Å². The summed E-state index contributed by atoms with van der Waals surface area (Å²) in [6.45, 7) is 12.3. The van der Waals surface area contributed by atoms with Crippen molar-refractivity contribution in [3.63, 3.8) is 0 Å². The Bertz CT molecular complexity index is 222. The first-order valence-electron chi connectivity index (χ1n) is 6.16. The fourth-order valence-electron chi connectivity index (χ4n) is 1.08. The first-order valence-corrected chi connectivity index (χ1v) is 6.16. The van der Waals surface area contributed by atoms with Crippen LogP contribution in [0.1, 0.15) is 48.0 Å². The second-order valence-electron chi connectivity index (χ2n) is 5.71. The Kier molecular flexibility index (Phi) is 6.01. The number of nitrogens with one attached hydrogen (secondary N) is 1. The van der Waals surface area contributed by atoms with Crippen molar-refractivity contribution >= 4 is 5.91 Å². The summed E-state index contributed by atoms with van der Waals surface area (Å²) >= 11 is 0. The number of aliphatic hydroxyl groups is 1. The molecule has 0 saturated heterocycles. The van der Waals surface area contributed by atoms with Gasteiger partial charge >= 0.3 is 0 Å². The monoisotopic (exact) mass is 229 g/mol. The summed E-state index contributed by atoms with van der Waals surface area (Å²) in [6.07, 6.45) is 0.534. The van der Waals surface area contributed by atoms with E-state index in [2.05, 4.69) is 26.1 Å². The molecule has 2 N–H and O–H groups in total. The van der Waals surface area contributed by atoms with Crippen molar-refractivity contribution in [3.8, 4) is 0 Å². The molecule has 96 valence electrons. The van der Waals surface area contributed by atoms with Gasteiger partial charge in [0.1, 0.15) is 0 Å². The first-order chi connectivity index (χ1) is 7.16. The highest BCUT2D eigenvalue weighted by molar-refractivity contribution is 5.76. The van der Waals surface area contributed by atoms with Crippen LogP contribution in [0.2, 0.25) is 0 Å². The van der Waals surface area contributed by atoms with Crippen molar-refractivity contribution in [2.24, 2.45) is 17.8 Å². The van der Waals surface area contributed by atoms with E-state index in [1.165, 1.54) is 0 Å². The first kappa shape index (κ1) is 15.4. The van der Waals surface area contributed by atoms with E-state index in [4.69, 9.17) is 0 Å². The van der Waals surface area contributed by atoms with Crippen LogP contribution in [0.25, 0.3) is 0 Å². The molecule has 0 saturated carbocycles. The highest BCUT2D eigenvalue weighted by Crippen LogP contribution is 2.16. The van der Waals surface area contributed by atoms with Gasteiger partial charge in [-0.25, -0.2) is 0 Å². The number of hydrogen-bond acceptors (Lipinski definition) is 2. The van der Waals surface area contributed by atoms with Gasteiger partial charge in [0.25, 0.3) is 0 Å². The smallest absolute Gasteiger partial charge is 0.220 e. The molecule has 3 heteroatoms. The van der Waals surface area contributed by atoms with Crippen LogP contribution in [0, 0.1) is 17.8 Å². The van der Waals surface area contributed by atoms with Crippen molar-refractivity contribution in [2.75, 3.05) is 6.54 Å². The molecular formula is C13H27NO2. The molecule has 2 atom stereocenters. The van der Waals surface area contributed by atoms with Gasteiger partial charge in [-0.2, -0.15) is 0 Å². The molecular weight excluding hydrogens is 202 g/mol. The minimum absolute atomic E-state index is 0.0297. The molecule has 0 fully saturated rings. The van der Waals surface area contributed by atoms with Gasteiger partial charge < -0.3 is 10.4 Å². The Hall–Kier alpha value is -0.570. The Morgan fingerprint density at radius 2 is 1.75 bits per heavy atom. The van der Waals surface area contributed by atoms with Gasteiger partial charge in [0, 0.05) is 13.0 Å². The standard InChI is InChI=1S/C13H27NO2/c1-9(2)11(5)7-12(15)14-8-13(6,16)10(3)4/h9-11,16H,7-8H2,1-6H3,(H,14,15). The van der Waals surface area contributed by atoms with Crippen molar-refractivity contribution in [1.82, 2.24) is 5.32 Å². The SMILES string of the molecule is CC(C)C(C)CC(=O)NCC(C)(O)C(C)C. The largest absolute Gasteiger partial charge is 0.388 e. The zero-order chi connectivity index (χ0) is 12.9. The van der Waals surface area contributed by atoms with Crippen LogP contribution >= 0.6 is 0 Å². The van der Waals surface area contributed by atoms with Crippen molar-refractivity contribution in [3.05, 3.63) is 0 Å². The van der Waals surface area contributed by atoms with Crippen LogP contribution in [0.15, 0.2) is 0 Å². The molecule has 0 aliphatic heterocycles. The molecule has 0 spiro atoms. The summed E-state index contributed by atoms with van der Waals surface area (Å²) in [6, 6.07) is 0.